The van der Waals surface area contributed by atoms with Crippen molar-refractivity contribution in [3.05, 3.63) is 68.2 Å². The molecule has 0 aliphatic carbocycles. The summed E-state index contributed by atoms with van der Waals surface area (Å²) in [7, 11) is 0. The predicted molar refractivity (Wildman–Crippen MR) is 89.4 cm³/mol. The lowest BCUT2D eigenvalue weighted by atomic mass is 9.88. The fourth-order valence-corrected chi connectivity index (χ4v) is 3.24. The highest BCUT2D eigenvalue weighted by molar-refractivity contribution is 6.35. The van der Waals surface area contributed by atoms with Gasteiger partial charge in [-0.3, -0.25) is 0 Å². The van der Waals surface area contributed by atoms with Crippen molar-refractivity contribution in [3.8, 4) is 0 Å². The summed E-state index contributed by atoms with van der Waals surface area (Å²) < 4.78 is 0. The maximum atomic E-state index is 10.6. The van der Waals surface area contributed by atoms with Gasteiger partial charge in [-0.25, -0.2) is 0 Å². The van der Waals surface area contributed by atoms with Gasteiger partial charge in [0.25, 0.3) is 0 Å². The van der Waals surface area contributed by atoms with E-state index < -0.39 is 6.10 Å². The average Bonchev–Trinajstić information content (AvgIpc) is 2.40. The molecule has 0 aliphatic heterocycles. The number of aliphatic hydroxyl groups excluding tert-OH is 1. The largest absolute Gasteiger partial charge is 0.388 e. The van der Waals surface area contributed by atoms with E-state index in [0.717, 1.165) is 16.7 Å². The summed E-state index contributed by atoms with van der Waals surface area (Å²) in [5.74, 6) is -0.326. The Morgan fingerprint density at radius 2 is 1.76 bits per heavy atom. The van der Waals surface area contributed by atoms with Gasteiger partial charge >= 0.3 is 0 Å². The number of hydrogen-bond acceptors (Lipinski definition) is 2. The Morgan fingerprint density at radius 3 is 2.33 bits per heavy atom. The molecule has 2 aromatic rings. The molecule has 0 radical (unpaired) electrons. The molecule has 0 aliphatic rings. The first-order valence-electron chi connectivity index (χ1n) is 6.52. The quantitative estimate of drug-likeness (QED) is 0.842. The number of aliphatic hydroxyl groups is 1. The molecule has 2 unspecified atom stereocenters. The molecule has 5 heteroatoms. The molecule has 0 saturated heterocycles. The zero-order valence-electron chi connectivity index (χ0n) is 11.5. The minimum Gasteiger partial charge on any atom is -0.388 e. The van der Waals surface area contributed by atoms with Crippen LogP contribution in [0.1, 0.15) is 28.7 Å². The van der Waals surface area contributed by atoms with Gasteiger partial charge in [-0.2, -0.15) is 0 Å². The molecule has 0 spiro atoms. The van der Waals surface area contributed by atoms with Gasteiger partial charge in [0.05, 0.1) is 6.10 Å². The molecule has 3 N–H and O–H groups in total. The topological polar surface area (TPSA) is 46.2 Å². The van der Waals surface area contributed by atoms with Crippen molar-refractivity contribution in [2.75, 3.05) is 6.54 Å². The van der Waals surface area contributed by atoms with Crippen LogP contribution in [0.15, 0.2) is 36.4 Å². The zero-order valence-corrected chi connectivity index (χ0v) is 13.8. The van der Waals surface area contributed by atoms with Gasteiger partial charge in [0, 0.05) is 27.5 Å². The molecule has 2 rings (SSSR count). The molecule has 0 heterocycles. The number of rotatable bonds is 4. The summed E-state index contributed by atoms with van der Waals surface area (Å²) in [6, 6.07) is 10.7. The molecule has 0 saturated carbocycles. The third kappa shape index (κ3) is 3.91. The summed E-state index contributed by atoms with van der Waals surface area (Å²) in [5, 5.41) is 12.3. The molecule has 0 aromatic heterocycles. The molecule has 2 atom stereocenters. The lowest BCUT2D eigenvalue weighted by Gasteiger charge is -2.24. The molecular weight excluding hydrogens is 329 g/mol. The van der Waals surface area contributed by atoms with Crippen molar-refractivity contribution >= 4 is 34.8 Å². The molecule has 21 heavy (non-hydrogen) atoms. The molecule has 112 valence electrons. The van der Waals surface area contributed by atoms with Crippen LogP contribution >= 0.6 is 34.8 Å². The normalized spacial score (nSPS) is 14.0. The third-order valence-electron chi connectivity index (χ3n) is 3.40. The van der Waals surface area contributed by atoms with Crippen molar-refractivity contribution in [2.24, 2.45) is 5.73 Å². The second kappa shape index (κ2) is 6.99. The van der Waals surface area contributed by atoms with E-state index in [2.05, 4.69) is 0 Å². The Morgan fingerprint density at radius 1 is 1.05 bits per heavy atom. The third-order valence-corrected chi connectivity index (χ3v) is 4.18. The summed E-state index contributed by atoms with van der Waals surface area (Å²) in [6.45, 7) is 2.18. The second-order valence-corrected chi connectivity index (χ2v) is 6.29. The number of aryl methyl sites for hydroxylation is 1. The number of hydrogen-bond donors (Lipinski definition) is 2. The zero-order chi connectivity index (χ0) is 15.6. The molecule has 2 aromatic carbocycles. The Bertz CT molecular complexity index is 625. The minimum atomic E-state index is -0.786. The van der Waals surface area contributed by atoms with E-state index >= 15 is 0 Å². The van der Waals surface area contributed by atoms with Crippen molar-refractivity contribution in [1.29, 1.82) is 0 Å². The smallest absolute Gasteiger partial charge is 0.0871 e. The molecule has 0 fully saturated rings. The van der Waals surface area contributed by atoms with E-state index in [1.165, 1.54) is 0 Å². The van der Waals surface area contributed by atoms with E-state index in [-0.39, 0.29) is 12.5 Å². The van der Waals surface area contributed by atoms with Gasteiger partial charge in [-0.15, -0.1) is 0 Å². The lowest BCUT2D eigenvalue weighted by molar-refractivity contribution is 0.147. The highest BCUT2D eigenvalue weighted by Gasteiger charge is 2.24. The first-order chi connectivity index (χ1) is 9.92. The Hall–Kier alpha value is -0.770. The van der Waals surface area contributed by atoms with E-state index in [1.807, 2.05) is 19.1 Å². The summed E-state index contributed by atoms with van der Waals surface area (Å²) >= 11 is 18.2. The van der Waals surface area contributed by atoms with Crippen LogP contribution in [0.2, 0.25) is 15.1 Å². The monoisotopic (exact) mass is 343 g/mol. The van der Waals surface area contributed by atoms with Gasteiger partial charge in [0.1, 0.15) is 0 Å². The van der Waals surface area contributed by atoms with E-state index in [4.69, 9.17) is 40.5 Å². The van der Waals surface area contributed by atoms with Crippen LogP contribution in [0.3, 0.4) is 0 Å². The summed E-state index contributed by atoms with van der Waals surface area (Å²) in [5.41, 5.74) is 8.32. The molecule has 2 nitrogen and oxygen atoms in total. The van der Waals surface area contributed by atoms with E-state index in [0.29, 0.717) is 15.1 Å². The maximum Gasteiger partial charge on any atom is 0.0871 e. The van der Waals surface area contributed by atoms with Gasteiger partial charge < -0.3 is 10.8 Å². The van der Waals surface area contributed by atoms with Crippen molar-refractivity contribution in [1.82, 2.24) is 0 Å². The van der Waals surface area contributed by atoms with Crippen molar-refractivity contribution < 1.29 is 5.11 Å². The van der Waals surface area contributed by atoms with Gasteiger partial charge in [-0.1, -0.05) is 46.9 Å². The Kier molecular flexibility index (Phi) is 5.53. The fourth-order valence-electron chi connectivity index (χ4n) is 2.40. The van der Waals surface area contributed by atoms with Gasteiger partial charge in [-0.05, 0) is 47.9 Å². The van der Waals surface area contributed by atoms with Crippen LogP contribution < -0.4 is 5.73 Å². The second-order valence-electron chi connectivity index (χ2n) is 5.01. The van der Waals surface area contributed by atoms with E-state index in [1.54, 1.807) is 24.3 Å². The van der Waals surface area contributed by atoms with Gasteiger partial charge in [0.2, 0.25) is 0 Å². The minimum absolute atomic E-state index is 0.258. The van der Waals surface area contributed by atoms with Crippen LogP contribution in [0.25, 0.3) is 0 Å². The lowest BCUT2D eigenvalue weighted by Crippen LogP contribution is -2.20. The summed E-state index contributed by atoms with van der Waals surface area (Å²) in [6.07, 6.45) is -0.786. The fraction of sp³-hybridized carbons (Fsp3) is 0.250. The predicted octanol–water partition coefficient (Wildman–Crippen LogP) is 4.73. The first-order valence-corrected chi connectivity index (χ1v) is 7.66. The maximum absolute atomic E-state index is 10.6. The summed E-state index contributed by atoms with van der Waals surface area (Å²) in [4.78, 5) is 0. The number of nitrogens with two attached hydrogens (primary N) is 1. The van der Waals surface area contributed by atoms with Gasteiger partial charge in [0.15, 0.2) is 0 Å². The van der Waals surface area contributed by atoms with Crippen molar-refractivity contribution in [3.63, 3.8) is 0 Å². The highest BCUT2D eigenvalue weighted by atomic mass is 35.5. The van der Waals surface area contributed by atoms with Crippen LogP contribution in [-0.4, -0.2) is 11.7 Å². The highest BCUT2D eigenvalue weighted by Crippen LogP contribution is 2.36. The number of benzene rings is 2. The van der Waals surface area contributed by atoms with Crippen molar-refractivity contribution in [2.45, 2.75) is 18.9 Å². The van der Waals surface area contributed by atoms with Crippen LogP contribution in [-0.2, 0) is 0 Å². The SMILES string of the molecule is Cc1cc(Cl)cc(C(O)C(CN)c2ccc(Cl)cc2Cl)c1. The Labute approximate surface area is 139 Å². The molecular formula is C16H16Cl3NO. The first kappa shape index (κ1) is 16.6. The average molecular weight is 345 g/mol. The Balaban J connectivity index is 2.40. The van der Waals surface area contributed by atoms with Crippen LogP contribution in [0.4, 0.5) is 0 Å². The van der Waals surface area contributed by atoms with E-state index in [9.17, 15) is 5.11 Å². The molecule has 0 bridgehead atoms. The standard InChI is InChI=1S/C16H16Cl3NO/c1-9-4-10(6-12(18)5-9)16(21)14(8-20)13-3-2-11(17)7-15(13)19/h2-7,14,16,21H,8,20H2,1H3. The number of halogens is 3. The van der Waals surface area contributed by atoms with Crippen LogP contribution in [0, 0.1) is 6.92 Å². The van der Waals surface area contributed by atoms with Crippen LogP contribution in [0.5, 0.6) is 0 Å². The molecule has 0 amide bonds.